The maximum absolute atomic E-state index is 12.7. The van der Waals surface area contributed by atoms with Gasteiger partial charge in [0.05, 0.1) is 24.1 Å². The molecule has 138 valence electrons. The fraction of sp³-hybridized carbons (Fsp3) is 0.250. The number of aromatic nitrogens is 2. The summed E-state index contributed by atoms with van der Waals surface area (Å²) in [5.74, 6) is -1.24. The van der Waals surface area contributed by atoms with E-state index in [4.69, 9.17) is 0 Å². The molecule has 6 nitrogen and oxygen atoms in total. The second-order valence-corrected chi connectivity index (χ2v) is 5.91. The molecular formula is C16H14F3N3O3S. The second-order valence-electron chi connectivity index (χ2n) is 4.97. The third kappa shape index (κ3) is 4.72. The van der Waals surface area contributed by atoms with Gasteiger partial charge >= 0.3 is 12.1 Å². The average Bonchev–Trinajstić information content (AvgIpc) is 2.64. The van der Waals surface area contributed by atoms with E-state index in [0.717, 1.165) is 24.0 Å². The van der Waals surface area contributed by atoms with Crippen molar-refractivity contribution in [1.29, 1.82) is 0 Å². The van der Waals surface area contributed by atoms with E-state index in [9.17, 15) is 22.8 Å². The predicted octanol–water partition coefficient (Wildman–Crippen LogP) is 3.04. The van der Waals surface area contributed by atoms with Crippen molar-refractivity contribution in [2.75, 3.05) is 24.8 Å². The molecule has 0 atom stereocenters. The van der Waals surface area contributed by atoms with E-state index < -0.39 is 23.7 Å². The normalized spacial score (nSPS) is 11.1. The van der Waals surface area contributed by atoms with E-state index in [1.54, 1.807) is 18.2 Å². The molecule has 1 amide bonds. The zero-order valence-electron chi connectivity index (χ0n) is 13.8. The molecule has 0 aliphatic carbocycles. The Hall–Kier alpha value is -2.62. The summed E-state index contributed by atoms with van der Waals surface area (Å²) in [6, 6.07) is 7.10. The summed E-state index contributed by atoms with van der Waals surface area (Å²) in [7, 11) is 2.68. The van der Waals surface area contributed by atoms with Gasteiger partial charge in [-0.05, 0) is 18.2 Å². The molecule has 0 saturated carbocycles. The predicted molar refractivity (Wildman–Crippen MR) is 88.9 cm³/mol. The van der Waals surface area contributed by atoms with Crippen molar-refractivity contribution in [2.24, 2.45) is 0 Å². The molecule has 0 radical (unpaired) electrons. The van der Waals surface area contributed by atoms with Crippen LogP contribution in [0.1, 0.15) is 16.1 Å². The number of alkyl halides is 3. The summed E-state index contributed by atoms with van der Waals surface area (Å²) in [6.45, 7) is 0. The Bertz CT molecular complexity index is 815. The van der Waals surface area contributed by atoms with E-state index in [-0.39, 0.29) is 16.5 Å². The number of carbonyl (C=O) groups is 2. The molecule has 0 aliphatic rings. The number of thioether (sulfide) groups is 1. The summed E-state index contributed by atoms with van der Waals surface area (Å²) in [6.07, 6.45) is -3.60. The molecule has 0 N–H and O–H groups in total. The minimum atomic E-state index is -4.58. The number of benzene rings is 1. The lowest BCUT2D eigenvalue weighted by Crippen LogP contribution is -2.29. The van der Waals surface area contributed by atoms with Gasteiger partial charge in [-0.1, -0.05) is 23.9 Å². The molecule has 0 bridgehead atoms. The van der Waals surface area contributed by atoms with Gasteiger partial charge in [0.15, 0.2) is 5.16 Å². The second kappa shape index (κ2) is 8.17. The lowest BCUT2D eigenvalue weighted by Gasteiger charge is -2.19. The van der Waals surface area contributed by atoms with Crippen molar-refractivity contribution in [3.05, 3.63) is 47.8 Å². The van der Waals surface area contributed by atoms with Crippen LogP contribution in [0.15, 0.2) is 41.7 Å². The van der Waals surface area contributed by atoms with E-state index in [1.165, 1.54) is 25.1 Å². The highest BCUT2D eigenvalue weighted by Crippen LogP contribution is 2.28. The maximum atomic E-state index is 12.7. The van der Waals surface area contributed by atoms with Gasteiger partial charge in [0, 0.05) is 13.2 Å². The Balaban J connectivity index is 2.11. The zero-order valence-corrected chi connectivity index (χ0v) is 14.6. The molecular weight excluding hydrogens is 371 g/mol. The molecule has 0 spiro atoms. The summed E-state index contributed by atoms with van der Waals surface area (Å²) in [5, 5.41) is -0.164. The van der Waals surface area contributed by atoms with Crippen LogP contribution in [-0.4, -0.2) is 41.8 Å². The molecule has 26 heavy (non-hydrogen) atoms. The van der Waals surface area contributed by atoms with E-state index in [1.807, 2.05) is 0 Å². The van der Waals surface area contributed by atoms with Crippen LogP contribution in [0.5, 0.6) is 0 Å². The maximum Gasteiger partial charge on any atom is 0.433 e. The molecule has 10 heteroatoms. The number of carbonyl (C=O) groups excluding carboxylic acids is 2. The van der Waals surface area contributed by atoms with Gasteiger partial charge in [-0.15, -0.1) is 0 Å². The van der Waals surface area contributed by atoms with Crippen molar-refractivity contribution in [3.8, 4) is 0 Å². The van der Waals surface area contributed by atoms with Crippen LogP contribution in [0.3, 0.4) is 0 Å². The molecule has 1 heterocycles. The number of hydrogen-bond donors (Lipinski definition) is 0. The smallest absolute Gasteiger partial charge is 0.433 e. The van der Waals surface area contributed by atoms with Crippen LogP contribution in [0, 0.1) is 0 Å². The van der Waals surface area contributed by atoms with Crippen LogP contribution in [0.4, 0.5) is 18.9 Å². The molecule has 1 aromatic carbocycles. The molecule has 0 fully saturated rings. The molecule has 0 unspecified atom stereocenters. The van der Waals surface area contributed by atoms with Crippen LogP contribution >= 0.6 is 11.8 Å². The number of amides is 1. The minimum Gasteiger partial charge on any atom is -0.465 e. The van der Waals surface area contributed by atoms with Crippen LogP contribution in [-0.2, 0) is 15.7 Å². The number of methoxy groups -OCH3 is 1. The van der Waals surface area contributed by atoms with Crippen molar-refractivity contribution in [1.82, 2.24) is 9.97 Å². The Morgan fingerprint density at radius 2 is 1.92 bits per heavy atom. The minimum absolute atomic E-state index is 0.164. The van der Waals surface area contributed by atoms with Gasteiger partial charge < -0.3 is 9.64 Å². The summed E-state index contributed by atoms with van der Waals surface area (Å²) in [5.41, 5.74) is -0.548. The summed E-state index contributed by atoms with van der Waals surface area (Å²) in [4.78, 5) is 32.5. The van der Waals surface area contributed by atoms with Gasteiger partial charge in [-0.2, -0.15) is 13.2 Å². The third-order valence-corrected chi connectivity index (χ3v) is 4.14. The van der Waals surface area contributed by atoms with Crippen LogP contribution in [0.25, 0.3) is 0 Å². The van der Waals surface area contributed by atoms with Crippen molar-refractivity contribution < 1.29 is 27.5 Å². The zero-order chi connectivity index (χ0) is 19.3. The van der Waals surface area contributed by atoms with Crippen LogP contribution < -0.4 is 4.90 Å². The SMILES string of the molecule is COC(=O)c1ccccc1N(C)C(=O)CSc1nccc(C(F)(F)F)n1. The Morgan fingerprint density at radius 1 is 1.23 bits per heavy atom. The number of ether oxygens (including phenoxy) is 1. The summed E-state index contributed by atoms with van der Waals surface area (Å²) < 4.78 is 42.6. The number of para-hydroxylation sites is 1. The largest absolute Gasteiger partial charge is 0.465 e. The standard InChI is InChI=1S/C16H14F3N3O3S/c1-22(11-6-4-3-5-10(11)14(24)25-2)13(23)9-26-15-20-8-7-12(21-15)16(17,18)19/h3-8H,9H2,1-2H3. The lowest BCUT2D eigenvalue weighted by atomic mass is 10.1. The molecule has 0 saturated heterocycles. The molecule has 1 aromatic heterocycles. The van der Waals surface area contributed by atoms with Crippen molar-refractivity contribution >= 4 is 29.3 Å². The van der Waals surface area contributed by atoms with Crippen LogP contribution in [0.2, 0.25) is 0 Å². The fourth-order valence-electron chi connectivity index (χ4n) is 1.97. The molecule has 2 rings (SSSR count). The number of hydrogen-bond acceptors (Lipinski definition) is 6. The Morgan fingerprint density at radius 3 is 2.58 bits per heavy atom. The number of esters is 1. The average molecular weight is 385 g/mol. The van der Waals surface area contributed by atoms with Crippen molar-refractivity contribution in [2.45, 2.75) is 11.3 Å². The monoisotopic (exact) mass is 385 g/mol. The van der Waals surface area contributed by atoms with E-state index in [2.05, 4.69) is 14.7 Å². The molecule has 0 aliphatic heterocycles. The molecule has 2 aromatic rings. The van der Waals surface area contributed by atoms with Gasteiger partial charge in [0.2, 0.25) is 5.91 Å². The van der Waals surface area contributed by atoms with Gasteiger partial charge in [0.1, 0.15) is 5.69 Å². The fourth-order valence-corrected chi connectivity index (χ4v) is 2.72. The first kappa shape index (κ1) is 19.7. The first-order valence-corrected chi connectivity index (χ1v) is 8.19. The number of halogens is 3. The topological polar surface area (TPSA) is 72.4 Å². The Kier molecular flexibility index (Phi) is 6.19. The van der Waals surface area contributed by atoms with Gasteiger partial charge in [-0.25, -0.2) is 14.8 Å². The summed E-state index contributed by atoms with van der Waals surface area (Å²) >= 11 is 0.772. The van der Waals surface area contributed by atoms with Gasteiger partial charge in [-0.3, -0.25) is 4.79 Å². The highest BCUT2D eigenvalue weighted by molar-refractivity contribution is 7.99. The Labute approximate surface area is 151 Å². The van der Waals surface area contributed by atoms with E-state index in [0.29, 0.717) is 5.69 Å². The highest BCUT2D eigenvalue weighted by atomic mass is 32.2. The van der Waals surface area contributed by atoms with Crippen molar-refractivity contribution in [3.63, 3.8) is 0 Å². The first-order valence-electron chi connectivity index (χ1n) is 7.21. The highest BCUT2D eigenvalue weighted by Gasteiger charge is 2.32. The quantitative estimate of drug-likeness (QED) is 0.448. The number of rotatable bonds is 5. The lowest BCUT2D eigenvalue weighted by molar-refractivity contribution is -0.141. The number of anilines is 1. The van der Waals surface area contributed by atoms with E-state index >= 15 is 0 Å². The third-order valence-electron chi connectivity index (χ3n) is 3.29. The number of nitrogens with zero attached hydrogens (tertiary/aromatic N) is 3. The van der Waals surface area contributed by atoms with Gasteiger partial charge in [0.25, 0.3) is 0 Å². The first-order chi connectivity index (χ1) is 12.2.